The van der Waals surface area contributed by atoms with E-state index in [2.05, 4.69) is 26.6 Å². The molecule has 2 N–H and O–H groups in total. The summed E-state index contributed by atoms with van der Waals surface area (Å²) < 4.78 is 0. The number of carbonyl (C=O) groups excluding carboxylic acids is 1. The minimum Gasteiger partial charge on any atom is -0.331 e. The number of hydrogen-bond donors (Lipinski definition) is 2. The highest BCUT2D eigenvalue weighted by atomic mass is 79.9. The molecule has 1 fully saturated rings. The lowest BCUT2D eigenvalue weighted by Crippen LogP contribution is -2.47. The Kier molecular flexibility index (Phi) is 1.85. The van der Waals surface area contributed by atoms with Gasteiger partial charge in [-0.3, -0.25) is 10.1 Å². The van der Waals surface area contributed by atoms with E-state index in [0.717, 1.165) is 6.54 Å². The van der Waals surface area contributed by atoms with Crippen LogP contribution < -0.4 is 10.6 Å². The lowest BCUT2D eigenvalue weighted by molar-refractivity contribution is -0.122. The van der Waals surface area contributed by atoms with Gasteiger partial charge >= 0.3 is 0 Å². The van der Waals surface area contributed by atoms with Crippen molar-refractivity contribution in [2.75, 3.05) is 6.54 Å². The molecule has 1 aliphatic heterocycles. The van der Waals surface area contributed by atoms with Crippen molar-refractivity contribution in [3.05, 3.63) is 0 Å². The molecule has 1 atom stereocenters. The largest absolute Gasteiger partial charge is 0.331 e. The van der Waals surface area contributed by atoms with Crippen molar-refractivity contribution in [1.82, 2.24) is 10.6 Å². The number of rotatable bonds is 0. The Morgan fingerprint density at radius 2 is 2.50 bits per heavy atom. The number of hydrogen-bond acceptors (Lipinski definition) is 2. The van der Waals surface area contributed by atoms with Crippen LogP contribution in [-0.2, 0) is 4.79 Å². The summed E-state index contributed by atoms with van der Waals surface area (Å²) in [7, 11) is 0. The molecule has 1 unspecified atom stereocenters. The zero-order chi connectivity index (χ0) is 5.98. The Balaban J connectivity index is 2.34. The van der Waals surface area contributed by atoms with Crippen LogP contribution in [-0.4, -0.2) is 17.5 Å². The lowest BCUT2D eigenvalue weighted by atomic mass is 10.4. The maximum Gasteiger partial charge on any atom is 0.223 e. The minimum atomic E-state index is -0.0243. The van der Waals surface area contributed by atoms with Crippen molar-refractivity contribution < 1.29 is 4.79 Å². The van der Waals surface area contributed by atoms with Crippen LogP contribution in [0.25, 0.3) is 0 Å². The molecule has 0 aromatic heterocycles. The van der Waals surface area contributed by atoms with Crippen LogP contribution >= 0.6 is 15.9 Å². The first-order chi connectivity index (χ1) is 3.79. The van der Waals surface area contributed by atoms with Crippen molar-refractivity contribution in [3.8, 4) is 0 Å². The van der Waals surface area contributed by atoms with Gasteiger partial charge in [0, 0.05) is 13.0 Å². The van der Waals surface area contributed by atoms with Crippen LogP contribution in [0.1, 0.15) is 6.42 Å². The average Bonchev–Trinajstić information content (AvgIpc) is 1.64. The predicted molar refractivity (Wildman–Crippen MR) is 33.5 cm³/mol. The van der Waals surface area contributed by atoms with E-state index in [4.69, 9.17) is 0 Å². The van der Waals surface area contributed by atoms with Crippen molar-refractivity contribution in [3.63, 3.8) is 0 Å². The van der Waals surface area contributed by atoms with Gasteiger partial charge in [-0.15, -0.1) is 0 Å². The second-order valence-electron chi connectivity index (χ2n) is 1.63. The minimum absolute atomic E-state index is 0.0243. The number of carbonyl (C=O) groups is 1. The summed E-state index contributed by atoms with van der Waals surface area (Å²) in [5, 5.41) is 5.62. The molecular weight excluding hydrogens is 172 g/mol. The number of halogens is 1. The third-order valence-corrected chi connectivity index (χ3v) is 1.52. The third-order valence-electron chi connectivity index (χ3n) is 0.963. The summed E-state index contributed by atoms with van der Waals surface area (Å²) in [4.78, 5) is 10.5. The number of nitrogens with one attached hydrogen (secondary N) is 2. The van der Waals surface area contributed by atoms with E-state index in [1.165, 1.54) is 0 Å². The Hall–Kier alpha value is -0.0900. The average molecular weight is 179 g/mol. The highest BCUT2D eigenvalue weighted by Gasteiger charge is 2.12. The highest BCUT2D eigenvalue weighted by Crippen LogP contribution is 1.95. The zero-order valence-corrected chi connectivity index (χ0v) is 5.86. The fraction of sp³-hybridized carbons (Fsp3) is 0.750. The fourth-order valence-electron chi connectivity index (χ4n) is 0.577. The van der Waals surface area contributed by atoms with Gasteiger partial charge in [0.2, 0.25) is 5.91 Å². The SMILES string of the molecule is O=C1CCNC(Br)N1. The molecule has 1 heterocycles. The molecule has 0 saturated carbocycles. The molecular formula is C4H7BrN2O. The molecule has 0 aromatic carbocycles. The Morgan fingerprint density at radius 3 is 2.88 bits per heavy atom. The van der Waals surface area contributed by atoms with Crippen LogP contribution in [0.5, 0.6) is 0 Å². The fourth-order valence-corrected chi connectivity index (χ4v) is 1.06. The monoisotopic (exact) mass is 178 g/mol. The van der Waals surface area contributed by atoms with Crippen molar-refractivity contribution >= 4 is 21.8 Å². The van der Waals surface area contributed by atoms with Gasteiger partial charge in [-0.1, -0.05) is 0 Å². The van der Waals surface area contributed by atoms with E-state index >= 15 is 0 Å². The Morgan fingerprint density at radius 1 is 1.75 bits per heavy atom. The Labute approximate surface area is 56.0 Å². The summed E-state index contributed by atoms with van der Waals surface area (Å²) in [5.41, 5.74) is 0. The molecule has 0 aliphatic carbocycles. The second kappa shape index (κ2) is 2.46. The molecule has 8 heavy (non-hydrogen) atoms. The van der Waals surface area contributed by atoms with Crippen molar-refractivity contribution in [1.29, 1.82) is 0 Å². The van der Waals surface area contributed by atoms with Gasteiger partial charge in [-0.05, 0) is 15.9 Å². The van der Waals surface area contributed by atoms with E-state index in [1.54, 1.807) is 0 Å². The normalized spacial score (nSPS) is 29.6. The van der Waals surface area contributed by atoms with Crippen molar-refractivity contribution in [2.45, 2.75) is 11.5 Å². The van der Waals surface area contributed by atoms with E-state index in [-0.39, 0.29) is 11.0 Å². The molecule has 0 spiro atoms. The first-order valence-corrected chi connectivity index (χ1v) is 3.37. The molecule has 1 aliphatic rings. The van der Waals surface area contributed by atoms with E-state index in [9.17, 15) is 4.79 Å². The van der Waals surface area contributed by atoms with Crippen LogP contribution in [0, 0.1) is 0 Å². The maximum atomic E-state index is 10.5. The predicted octanol–water partition coefficient (Wildman–Crippen LogP) is -0.226. The summed E-state index contributed by atoms with van der Waals surface area (Å²) in [6.07, 6.45) is 0.585. The van der Waals surface area contributed by atoms with Gasteiger partial charge < -0.3 is 5.32 Å². The molecule has 3 nitrogen and oxygen atoms in total. The van der Waals surface area contributed by atoms with Gasteiger partial charge in [-0.2, -0.15) is 0 Å². The van der Waals surface area contributed by atoms with Gasteiger partial charge in [0.05, 0.1) is 0 Å². The molecule has 0 aromatic rings. The molecule has 0 radical (unpaired) electrons. The van der Waals surface area contributed by atoms with E-state index in [1.807, 2.05) is 0 Å². The standard InChI is InChI=1S/C4H7BrN2O/c5-4-6-2-1-3(8)7-4/h4,6H,1-2H2,(H,7,8). The van der Waals surface area contributed by atoms with Gasteiger partial charge in [0.25, 0.3) is 0 Å². The summed E-state index contributed by atoms with van der Waals surface area (Å²) >= 11 is 3.19. The molecule has 1 amide bonds. The van der Waals surface area contributed by atoms with Gasteiger partial charge in [-0.25, -0.2) is 0 Å². The topological polar surface area (TPSA) is 41.1 Å². The molecule has 0 bridgehead atoms. The third kappa shape index (κ3) is 1.45. The van der Waals surface area contributed by atoms with Crippen LogP contribution in [0.3, 0.4) is 0 Å². The first-order valence-electron chi connectivity index (χ1n) is 2.46. The zero-order valence-electron chi connectivity index (χ0n) is 4.28. The summed E-state index contributed by atoms with van der Waals surface area (Å²) in [6.45, 7) is 0.766. The molecule has 46 valence electrons. The molecule has 1 saturated heterocycles. The van der Waals surface area contributed by atoms with Gasteiger partial charge in [0.15, 0.2) is 0 Å². The summed E-state index contributed by atoms with van der Waals surface area (Å²) in [6, 6.07) is 0. The number of alkyl halides is 1. The van der Waals surface area contributed by atoms with Crippen LogP contribution in [0.4, 0.5) is 0 Å². The van der Waals surface area contributed by atoms with Crippen LogP contribution in [0.15, 0.2) is 0 Å². The number of amides is 1. The van der Waals surface area contributed by atoms with E-state index < -0.39 is 0 Å². The highest BCUT2D eigenvalue weighted by molar-refractivity contribution is 9.09. The van der Waals surface area contributed by atoms with Gasteiger partial charge in [0.1, 0.15) is 5.08 Å². The van der Waals surface area contributed by atoms with Crippen LogP contribution in [0.2, 0.25) is 0 Å². The molecule has 4 heteroatoms. The maximum absolute atomic E-state index is 10.5. The van der Waals surface area contributed by atoms with Crippen molar-refractivity contribution in [2.24, 2.45) is 0 Å². The quantitative estimate of drug-likeness (QED) is 0.398. The smallest absolute Gasteiger partial charge is 0.223 e. The second-order valence-corrected chi connectivity index (χ2v) is 2.55. The Bertz CT molecular complexity index is 106. The summed E-state index contributed by atoms with van der Waals surface area (Å²) in [5.74, 6) is 0.102. The lowest BCUT2D eigenvalue weighted by Gasteiger charge is -2.18. The molecule has 1 rings (SSSR count). The first kappa shape index (κ1) is 6.04. The van der Waals surface area contributed by atoms with E-state index in [0.29, 0.717) is 6.42 Å².